The maximum absolute atomic E-state index is 5.79. The average molecular weight is 351 g/mol. The number of nitrogens with one attached hydrogen (secondary N) is 1. The van der Waals surface area contributed by atoms with Gasteiger partial charge >= 0.3 is 0 Å². The molecule has 1 atom stereocenters. The van der Waals surface area contributed by atoms with E-state index in [9.17, 15) is 0 Å². The van der Waals surface area contributed by atoms with Gasteiger partial charge in [-0.25, -0.2) is 0 Å². The summed E-state index contributed by atoms with van der Waals surface area (Å²) in [5.74, 6) is 5.79. The number of aryl methyl sites for hydroxylation is 3. The monoisotopic (exact) mass is 350 g/mol. The maximum Gasteiger partial charge on any atom is 0.0624 e. The van der Waals surface area contributed by atoms with Crippen LogP contribution in [0.5, 0.6) is 0 Å². The summed E-state index contributed by atoms with van der Waals surface area (Å²) in [6, 6.07) is 8.64. The molecular weight excluding hydrogens is 328 g/mol. The number of halogens is 1. The van der Waals surface area contributed by atoms with Crippen LogP contribution in [0.2, 0.25) is 0 Å². The molecule has 2 aromatic rings. The summed E-state index contributed by atoms with van der Waals surface area (Å²) < 4.78 is 3.14. The summed E-state index contributed by atoms with van der Waals surface area (Å²) in [4.78, 5) is 0. The molecule has 0 radical (unpaired) electrons. The second-order valence-electron chi connectivity index (χ2n) is 5.28. The molecule has 1 heterocycles. The van der Waals surface area contributed by atoms with Crippen LogP contribution in [0.25, 0.3) is 0 Å². The quantitative estimate of drug-likeness (QED) is 0.620. The molecular formula is C16H23BrN4. The lowest BCUT2D eigenvalue weighted by Crippen LogP contribution is -2.30. The Balaban J connectivity index is 2.28. The molecule has 5 heteroatoms. The van der Waals surface area contributed by atoms with Crippen molar-refractivity contribution in [2.45, 2.75) is 46.2 Å². The summed E-state index contributed by atoms with van der Waals surface area (Å²) in [5.41, 5.74) is 7.69. The molecule has 0 aliphatic rings. The van der Waals surface area contributed by atoms with Gasteiger partial charge in [-0.1, -0.05) is 28.9 Å². The van der Waals surface area contributed by atoms with Crippen LogP contribution in [0.1, 0.15) is 42.4 Å². The number of nitrogens with two attached hydrogens (primary N) is 1. The van der Waals surface area contributed by atoms with Crippen LogP contribution in [0.3, 0.4) is 0 Å². The molecule has 0 saturated carbocycles. The third kappa shape index (κ3) is 3.93. The zero-order valence-electron chi connectivity index (χ0n) is 12.9. The van der Waals surface area contributed by atoms with Gasteiger partial charge in [-0.05, 0) is 49.6 Å². The Morgan fingerprint density at radius 2 is 2.05 bits per heavy atom. The largest absolute Gasteiger partial charge is 0.271 e. The van der Waals surface area contributed by atoms with E-state index in [1.807, 2.05) is 0 Å². The van der Waals surface area contributed by atoms with E-state index in [1.54, 1.807) is 0 Å². The summed E-state index contributed by atoms with van der Waals surface area (Å²) >= 11 is 3.55. The molecule has 3 N–H and O–H groups in total. The van der Waals surface area contributed by atoms with Gasteiger partial charge in [0.15, 0.2) is 0 Å². The highest BCUT2D eigenvalue weighted by Gasteiger charge is 2.15. The first-order valence-electron chi connectivity index (χ1n) is 7.36. The van der Waals surface area contributed by atoms with Crippen molar-refractivity contribution in [2.75, 3.05) is 0 Å². The van der Waals surface area contributed by atoms with Gasteiger partial charge in [-0.3, -0.25) is 16.0 Å². The van der Waals surface area contributed by atoms with E-state index in [4.69, 9.17) is 5.84 Å². The first-order valence-corrected chi connectivity index (χ1v) is 8.15. The van der Waals surface area contributed by atoms with Gasteiger partial charge in [0.25, 0.3) is 0 Å². The molecule has 0 saturated heterocycles. The molecule has 0 fully saturated rings. The van der Waals surface area contributed by atoms with Gasteiger partial charge in [0, 0.05) is 23.1 Å². The van der Waals surface area contributed by atoms with Gasteiger partial charge in [-0.2, -0.15) is 5.10 Å². The van der Waals surface area contributed by atoms with E-state index in [-0.39, 0.29) is 6.04 Å². The molecule has 1 unspecified atom stereocenters. The predicted molar refractivity (Wildman–Crippen MR) is 89.9 cm³/mol. The fraction of sp³-hybridized carbons (Fsp3) is 0.438. The Morgan fingerprint density at radius 1 is 1.29 bits per heavy atom. The van der Waals surface area contributed by atoms with Gasteiger partial charge in [0.2, 0.25) is 0 Å². The third-order valence-electron chi connectivity index (χ3n) is 3.66. The van der Waals surface area contributed by atoms with Crippen LogP contribution in [-0.4, -0.2) is 9.78 Å². The van der Waals surface area contributed by atoms with Crippen molar-refractivity contribution >= 4 is 15.9 Å². The van der Waals surface area contributed by atoms with Crippen LogP contribution in [0.4, 0.5) is 0 Å². The highest BCUT2D eigenvalue weighted by Crippen LogP contribution is 2.23. The Morgan fingerprint density at radius 3 is 2.62 bits per heavy atom. The van der Waals surface area contributed by atoms with E-state index < -0.39 is 0 Å². The molecule has 2 rings (SSSR count). The number of hydrogen-bond acceptors (Lipinski definition) is 3. The van der Waals surface area contributed by atoms with Crippen molar-refractivity contribution < 1.29 is 0 Å². The van der Waals surface area contributed by atoms with Gasteiger partial charge in [-0.15, -0.1) is 0 Å². The lowest BCUT2D eigenvalue weighted by Gasteiger charge is -2.18. The third-order valence-corrected chi connectivity index (χ3v) is 4.11. The van der Waals surface area contributed by atoms with E-state index in [0.717, 1.165) is 29.6 Å². The number of rotatable bonds is 6. The van der Waals surface area contributed by atoms with Crippen molar-refractivity contribution in [2.24, 2.45) is 5.84 Å². The van der Waals surface area contributed by atoms with Crippen LogP contribution >= 0.6 is 15.9 Å². The van der Waals surface area contributed by atoms with Crippen molar-refractivity contribution in [1.29, 1.82) is 0 Å². The molecule has 114 valence electrons. The SMILES string of the molecule is CCc1cc(CC(NN)c2cc(C)cc(Br)c2)n(CC)n1. The van der Waals surface area contributed by atoms with Crippen LogP contribution in [-0.2, 0) is 19.4 Å². The topological polar surface area (TPSA) is 55.9 Å². The lowest BCUT2D eigenvalue weighted by atomic mass is 10.0. The van der Waals surface area contributed by atoms with Crippen molar-refractivity contribution in [1.82, 2.24) is 15.2 Å². The normalized spacial score (nSPS) is 12.6. The molecule has 1 aromatic carbocycles. The number of benzene rings is 1. The second-order valence-corrected chi connectivity index (χ2v) is 6.20. The highest BCUT2D eigenvalue weighted by molar-refractivity contribution is 9.10. The van der Waals surface area contributed by atoms with E-state index in [2.05, 4.69) is 76.2 Å². The number of aromatic nitrogens is 2. The minimum absolute atomic E-state index is 0.0768. The first-order chi connectivity index (χ1) is 10.1. The van der Waals surface area contributed by atoms with Gasteiger partial charge in [0.05, 0.1) is 11.7 Å². The standard InChI is InChI=1S/C16H23BrN4/c1-4-14-9-15(21(5-2)20-14)10-16(19-18)12-6-11(3)7-13(17)8-12/h6-9,16,19H,4-5,10,18H2,1-3H3. The molecule has 0 bridgehead atoms. The minimum Gasteiger partial charge on any atom is -0.271 e. The maximum atomic E-state index is 5.79. The average Bonchev–Trinajstić information content (AvgIpc) is 2.85. The number of hydrazine groups is 1. The molecule has 21 heavy (non-hydrogen) atoms. The van der Waals surface area contributed by atoms with E-state index in [0.29, 0.717) is 0 Å². The fourth-order valence-electron chi connectivity index (χ4n) is 2.57. The van der Waals surface area contributed by atoms with Crippen molar-refractivity contribution in [3.05, 3.63) is 51.3 Å². The molecule has 4 nitrogen and oxygen atoms in total. The smallest absolute Gasteiger partial charge is 0.0624 e. The minimum atomic E-state index is 0.0768. The Labute approximate surface area is 134 Å². The van der Waals surface area contributed by atoms with Crippen LogP contribution in [0.15, 0.2) is 28.7 Å². The number of hydrogen-bond donors (Lipinski definition) is 2. The zero-order valence-corrected chi connectivity index (χ0v) is 14.4. The fourth-order valence-corrected chi connectivity index (χ4v) is 3.20. The van der Waals surface area contributed by atoms with Crippen molar-refractivity contribution in [3.8, 4) is 0 Å². The summed E-state index contributed by atoms with van der Waals surface area (Å²) in [6.45, 7) is 7.21. The lowest BCUT2D eigenvalue weighted by molar-refractivity contribution is 0.516. The number of nitrogens with zero attached hydrogens (tertiary/aromatic N) is 2. The second kappa shape index (κ2) is 7.20. The van der Waals surface area contributed by atoms with Crippen LogP contribution in [0, 0.1) is 6.92 Å². The van der Waals surface area contributed by atoms with Crippen LogP contribution < -0.4 is 11.3 Å². The Bertz CT molecular complexity index is 586. The van der Waals surface area contributed by atoms with Gasteiger partial charge < -0.3 is 0 Å². The molecule has 0 aliphatic heterocycles. The van der Waals surface area contributed by atoms with Crippen molar-refractivity contribution in [3.63, 3.8) is 0 Å². The molecule has 0 amide bonds. The first kappa shape index (κ1) is 16.2. The van der Waals surface area contributed by atoms with E-state index >= 15 is 0 Å². The Hall–Kier alpha value is -1.17. The van der Waals surface area contributed by atoms with E-state index in [1.165, 1.54) is 16.8 Å². The summed E-state index contributed by atoms with van der Waals surface area (Å²) in [6.07, 6.45) is 1.78. The zero-order chi connectivity index (χ0) is 15.4. The highest BCUT2D eigenvalue weighted by atomic mass is 79.9. The molecule has 0 aliphatic carbocycles. The summed E-state index contributed by atoms with van der Waals surface area (Å²) in [5, 5.41) is 4.60. The summed E-state index contributed by atoms with van der Waals surface area (Å²) in [7, 11) is 0. The molecule has 1 aromatic heterocycles. The Kier molecular flexibility index (Phi) is 5.56. The van der Waals surface area contributed by atoms with Gasteiger partial charge in [0.1, 0.15) is 0 Å². The predicted octanol–water partition coefficient (Wildman–Crippen LogP) is 3.28. The molecule has 0 spiro atoms.